The average Bonchev–Trinajstić information content (AvgIpc) is 3.49. The second-order valence-electron chi connectivity index (χ2n) is 10.4. The fourth-order valence-corrected chi connectivity index (χ4v) is 5.10. The van der Waals surface area contributed by atoms with Gasteiger partial charge in [0.15, 0.2) is 0 Å². The summed E-state index contributed by atoms with van der Waals surface area (Å²) >= 11 is 0. The zero-order chi connectivity index (χ0) is 28.2. The Morgan fingerprint density at radius 1 is 1.02 bits per heavy atom. The molecular formula is C30H33N9O2. The van der Waals surface area contributed by atoms with Crippen LogP contribution in [0.2, 0.25) is 0 Å². The van der Waals surface area contributed by atoms with E-state index < -0.39 is 0 Å². The lowest BCUT2D eigenvalue weighted by Crippen LogP contribution is -2.43. The number of pyridine rings is 2. The van der Waals surface area contributed by atoms with Crippen LogP contribution < -0.4 is 21.1 Å². The Hall–Kier alpha value is -4.61. The third-order valence-electron chi connectivity index (χ3n) is 7.39. The summed E-state index contributed by atoms with van der Waals surface area (Å²) in [7, 11) is 2.15. The fraction of sp³-hybridized carbons (Fsp3) is 0.300. The van der Waals surface area contributed by atoms with Crippen LogP contribution in [0.15, 0.2) is 61.1 Å². The molecule has 1 amide bonds. The Labute approximate surface area is 238 Å². The number of amides is 1. The van der Waals surface area contributed by atoms with Crippen molar-refractivity contribution in [1.82, 2.24) is 29.7 Å². The summed E-state index contributed by atoms with van der Waals surface area (Å²) in [5.74, 6) is 2.04. The van der Waals surface area contributed by atoms with Crippen LogP contribution >= 0.6 is 0 Å². The first-order valence-corrected chi connectivity index (χ1v) is 13.8. The number of ether oxygens (including phenoxy) is 1. The summed E-state index contributed by atoms with van der Waals surface area (Å²) in [6.45, 7) is 6.20. The smallest absolute Gasteiger partial charge is 0.256 e. The van der Waals surface area contributed by atoms with Gasteiger partial charge in [-0.15, -0.1) is 0 Å². The Bertz CT molecular complexity index is 1540. The maximum atomic E-state index is 13.0. The molecule has 1 fully saturated rings. The average molecular weight is 552 g/mol. The molecule has 0 unspecified atom stereocenters. The Morgan fingerprint density at radius 3 is 2.71 bits per heavy atom. The van der Waals surface area contributed by atoms with Crippen LogP contribution in [-0.2, 0) is 19.5 Å². The molecule has 0 aliphatic carbocycles. The lowest BCUT2D eigenvalue weighted by Gasteiger charge is -2.32. The molecule has 6 rings (SSSR count). The fourth-order valence-electron chi connectivity index (χ4n) is 5.10. The van der Waals surface area contributed by atoms with Gasteiger partial charge in [-0.05, 0) is 42.4 Å². The number of fused-ring (bicyclic) bond motifs is 1. The number of carbonyl (C=O) groups is 1. The third-order valence-corrected chi connectivity index (χ3v) is 7.39. The number of likely N-dealkylation sites (N-methyl/N-ethyl adjacent to an activating group) is 1. The molecule has 0 atom stereocenters. The van der Waals surface area contributed by atoms with Gasteiger partial charge in [-0.25, -0.2) is 19.9 Å². The molecule has 11 heteroatoms. The number of nitrogens with one attached hydrogen (secondary N) is 2. The van der Waals surface area contributed by atoms with Gasteiger partial charge in [0.1, 0.15) is 17.4 Å². The van der Waals surface area contributed by atoms with Gasteiger partial charge < -0.3 is 26.0 Å². The molecule has 2 aliphatic rings. The van der Waals surface area contributed by atoms with E-state index in [9.17, 15) is 4.79 Å². The number of rotatable bonds is 8. The largest absolute Gasteiger partial charge is 0.492 e. The summed E-state index contributed by atoms with van der Waals surface area (Å²) in [6.07, 6.45) is 5.94. The van der Waals surface area contributed by atoms with Gasteiger partial charge >= 0.3 is 0 Å². The van der Waals surface area contributed by atoms with Gasteiger partial charge in [-0.2, -0.15) is 0 Å². The molecule has 3 aromatic heterocycles. The molecule has 2 aliphatic heterocycles. The molecular weight excluding hydrogens is 518 g/mol. The van der Waals surface area contributed by atoms with E-state index in [4.69, 9.17) is 10.5 Å². The number of benzene rings is 1. The summed E-state index contributed by atoms with van der Waals surface area (Å²) in [4.78, 5) is 35.2. The molecule has 0 radical (unpaired) electrons. The predicted molar refractivity (Wildman–Crippen MR) is 158 cm³/mol. The number of aromatic nitrogens is 4. The maximum Gasteiger partial charge on any atom is 0.256 e. The number of carbonyl (C=O) groups excluding carboxylic acids is 1. The summed E-state index contributed by atoms with van der Waals surface area (Å²) < 4.78 is 5.93. The number of nitrogens with zero attached hydrogens (tertiary/aromatic N) is 6. The van der Waals surface area contributed by atoms with Gasteiger partial charge in [0.25, 0.3) is 5.91 Å². The molecule has 0 bridgehead atoms. The summed E-state index contributed by atoms with van der Waals surface area (Å²) in [6, 6.07) is 13.2. The zero-order valence-electron chi connectivity index (χ0n) is 23.0. The van der Waals surface area contributed by atoms with E-state index in [1.54, 1.807) is 24.5 Å². The maximum absolute atomic E-state index is 13.0. The quantitative estimate of drug-likeness (QED) is 0.300. The number of anilines is 3. The summed E-state index contributed by atoms with van der Waals surface area (Å²) in [5, 5.41) is 6.33. The van der Waals surface area contributed by atoms with E-state index >= 15 is 0 Å². The highest BCUT2D eigenvalue weighted by atomic mass is 16.5. The standard InChI is InChI=1S/C30H33N9O2/c1-38-10-12-39(13-11-38)19-21-5-6-26(33-17-21)37-29(40)22-4-2-3-20(15-22)16-34-28-23-8-14-41-27(23)24(18-35-28)25-7-9-32-30(31)36-25/h2-7,9,15,17-18H,8,10-14,16,19H2,1H3,(H,34,35)(H2,31,32,36)(H,33,37,40). The van der Waals surface area contributed by atoms with Gasteiger partial charge in [-0.1, -0.05) is 18.2 Å². The molecule has 1 saturated heterocycles. The van der Waals surface area contributed by atoms with E-state index in [1.165, 1.54) is 0 Å². The Kier molecular flexibility index (Phi) is 7.70. The van der Waals surface area contributed by atoms with Crippen molar-refractivity contribution >= 4 is 23.5 Å². The molecule has 4 N–H and O–H groups in total. The normalized spacial score (nSPS) is 15.2. The van der Waals surface area contributed by atoms with Crippen molar-refractivity contribution in [2.45, 2.75) is 19.5 Å². The first-order chi connectivity index (χ1) is 20.0. The molecule has 4 aromatic rings. The minimum Gasteiger partial charge on any atom is -0.492 e. The first-order valence-electron chi connectivity index (χ1n) is 13.8. The predicted octanol–water partition coefficient (Wildman–Crippen LogP) is 3.06. The van der Waals surface area contributed by atoms with E-state index in [0.29, 0.717) is 30.2 Å². The van der Waals surface area contributed by atoms with Crippen molar-refractivity contribution in [3.05, 3.63) is 83.3 Å². The van der Waals surface area contributed by atoms with E-state index in [1.807, 2.05) is 36.5 Å². The summed E-state index contributed by atoms with van der Waals surface area (Å²) in [5.41, 5.74) is 10.9. The third kappa shape index (κ3) is 6.26. The Balaban J connectivity index is 1.08. The number of nitrogens with two attached hydrogens (primary N) is 1. The lowest BCUT2D eigenvalue weighted by molar-refractivity contribution is 0.102. The monoisotopic (exact) mass is 551 g/mol. The van der Waals surface area contributed by atoms with Crippen molar-refractivity contribution < 1.29 is 9.53 Å². The molecule has 0 saturated carbocycles. The minimum absolute atomic E-state index is 0.202. The highest BCUT2D eigenvalue weighted by molar-refractivity contribution is 6.03. The molecule has 0 spiro atoms. The van der Waals surface area contributed by atoms with Crippen molar-refractivity contribution in [3.63, 3.8) is 0 Å². The van der Waals surface area contributed by atoms with Crippen LogP contribution in [0.1, 0.15) is 27.0 Å². The Morgan fingerprint density at radius 2 is 1.90 bits per heavy atom. The van der Waals surface area contributed by atoms with Gasteiger partial charge in [0, 0.05) is 75.4 Å². The van der Waals surface area contributed by atoms with Gasteiger partial charge in [-0.3, -0.25) is 9.69 Å². The van der Waals surface area contributed by atoms with Crippen molar-refractivity contribution in [3.8, 4) is 17.0 Å². The number of hydrogen-bond acceptors (Lipinski definition) is 10. The molecule has 1 aromatic carbocycles. The van der Waals surface area contributed by atoms with E-state index in [-0.39, 0.29) is 11.9 Å². The number of nitrogen functional groups attached to an aromatic ring is 1. The van der Waals surface area contributed by atoms with E-state index in [0.717, 1.165) is 73.0 Å². The van der Waals surface area contributed by atoms with Crippen LogP contribution in [0.4, 0.5) is 17.6 Å². The van der Waals surface area contributed by atoms with Crippen molar-refractivity contribution in [2.75, 3.05) is 56.2 Å². The highest BCUT2D eigenvalue weighted by Crippen LogP contribution is 2.39. The lowest BCUT2D eigenvalue weighted by atomic mass is 10.1. The molecule has 210 valence electrons. The van der Waals surface area contributed by atoms with Crippen molar-refractivity contribution in [1.29, 1.82) is 0 Å². The highest BCUT2D eigenvalue weighted by Gasteiger charge is 2.23. The van der Waals surface area contributed by atoms with Crippen molar-refractivity contribution in [2.24, 2.45) is 0 Å². The SMILES string of the molecule is CN1CCN(Cc2ccc(NC(=O)c3cccc(CNc4ncc(-c5ccnc(N)n5)c5c4CCO5)c3)nc2)CC1. The number of piperazine rings is 1. The zero-order valence-corrected chi connectivity index (χ0v) is 23.0. The second-order valence-corrected chi connectivity index (χ2v) is 10.4. The molecule has 5 heterocycles. The van der Waals surface area contributed by atoms with Crippen LogP contribution in [-0.4, -0.2) is 75.5 Å². The van der Waals surface area contributed by atoms with Crippen LogP contribution in [0.5, 0.6) is 5.75 Å². The molecule has 11 nitrogen and oxygen atoms in total. The van der Waals surface area contributed by atoms with Crippen LogP contribution in [0.3, 0.4) is 0 Å². The first kappa shape index (κ1) is 26.6. The topological polar surface area (TPSA) is 134 Å². The number of hydrogen-bond donors (Lipinski definition) is 3. The molecule has 41 heavy (non-hydrogen) atoms. The van der Waals surface area contributed by atoms with Crippen LogP contribution in [0.25, 0.3) is 11.3 Å². The second kappa shape index (κ2) is 11.9. The van der Waals surface area contributed by atoms with Gasteiger partial charge in [0.2, 0.25) is 5.95 Å². The van der Waals surface area contributed by atoms with Crippen LogP contribution in [0, 0.1) is 0 Å². The van der Waals surface area contributed by atoms with E-state index in [2.05, 4.69) is 47.4 Å². The minimum atomic E-state index is -0.202. The van der Waals surface area contributed by atoms with Gasteiger partial charge in [0.05, 0.1) is 17.9 Å².